The molecule has 3 saturated heterocycles. The Balaban J connectivity index is 1.70. The zero-order chi connectivity index (χ0) is 26.7. The van der Waals surface area contributed by atoms with Crippen LogP contribution in [0.2, 0.25) is 0 Å². The normalized spacial score (nSPS) is 23.6. The fourth-order valence-corrected chi connectivity index (χ4v) is 6.15. The maximum atomic E-state index is 14.3. The van der Waals surface area contributed by atoms with E-state index >= 15 is 0 Å². The van der Waals surface area contributed by atoms with E-state index in [9.17, 15) is 23.2 Å². The molecule has 3 aliphatic heterocycles. The second kappa shape index (κ2) is 11.2. The molecule has 3 heterocycles. The summed E-state index contributed by atoms with van der Waals surface area (Å²) in [6.45, 7) is 4.58. The van der Waals surface area contributed by atoms with E-state index < -0.39 is 34.8 Å². The van der Waals surface area contributed by atoms with Crippen molar-refractivity contribution >= 4 is 17.7 Å². The minimum absolute atomic E-state index is 0.228. The quantitative estimate of drug-likeness (QED) is 0.527. The van der Waals surface area contributed by atoms with Gasteiger partial charge in [-0.3, -0.25) is 14.4 Å². The van der Waals surface area contributed by atoms with Crippen LogP contribution in [0, 0.1) is 17.0 Å². The first-order valence-corrected chi connectivity index (χ1v) is 13.2. The minimum atomic E-state index is -1.49. The van der Waals surface area contributed by atoms with Gasteiger partial charge in [0.25, 0.3) is 0 Å². The summed E-state index contributed by atoms with van der Waals surface area (Å²) in [4.78, 5) is 46.1. The van der Waals surface area contributed by atoms with Gasteiger partial charge in [-0.25, -0.2) is 8.78 Å². The zero-order valence-corrected chi connectivity index (χ0v) is 21.2. The lowest BCUT2D eigenvalue weighted by molar-refractivity contribution is -0.149. The molecule has 2 aromatic rings. The van der Waals surface area contributed by atoms with E-state index in [1.54, 1.807) is 9.80 Å². The van der Waals surface area contributed by atoms with Crippen LogP contribution in [0.3, 0.4) is 0 Å². The number of carbonyl (C=O) groups is 3. The summed E-state index contributed by atoms with van der Waals surface area (Å²) in [6.07, 6.45) is 0.228. The standard InChI is InChI=1S/C28H33F2N5O3/c29-21-5-1-19(2-6-21)23(25(36)34-15-11-31-12-16-34)28(9-10-33-27(28)38)24(20-3-7-22(30)8-4-20)26(37)35-17-13-32-14-18-35/h1-8,23-24,31-32H,9-18H2,(H,33,38). The summed E-state index contributed by atoms with van der Waals surface area (Å²) in [5.41, 5.74) is -0.529. The Morgan fingerprint density at radius 1 is 0.684 bits per heavy atom. The second-order valence-corrected chi connectivity index (χ2v) is 10.2. The molecule has 3 amide bonds. The number of benzene rings is 2. The van der Waals surface area contributed by atoms with E-state index in [-0.39, 0.29) is 24.8 Å². The van der Waals surface area contributed by atoms with Gasteiger partial charge in [0.05, 0.1) is 17.3 Å². The molecule has 0 aromatic heterocycles. The molecular formula is C28H33F2N5O3. The third-order valence-corrected chi connectivity index (χ3v) is 8.04. The molecule has 0 aliphatic carbocycles. The molecule has 0 spiro atoms. The van der Waals surface area contributed by atoms with Gasteiger partial charge in [0.15, 0.2) is 0 Å². The number of piperazine rings is 2. The first kappa shape index (κ1) is 26.2. The highest BCUT2D eigenvalue weighted by Gasteiger charge is 2.60. The molecule has 8 nitrogen and oxygen atoms in total. The van der Waals surface area contributed by atoms with E-state index in [2.05, 4.69) is 16.0 Å². The van der Waals surface area contributed by atoms with Crippen LogP contribution in [-0.4, -0.2) is 86.4 Å². The van der Waals surface area contributed by atoms with E-state index in [4.69, 9.17) is 0 Å². The smallest absolute Gasteiger partial charge is 0.231 e. The van der Waals surface area contributed by atoms with Crippen LogP contribution in [0.4, 0.5) is 8.78 Å². The predicted molar refractivity (Wildman–Crippen MR) is 137 cm³/mol. The van der Waals surface area contributed by atoms with Crippen molar-refractivity contribution < 1.29 is 23.2 Å². The number of nitrogens with one attached hydrogen (secondary N) is 3. The average molecular weight is 526 g/mol. The molecule has 0 radical (unpaired) electrons. The number of hydrogen-bond donors (Lipinski definition) is 3. The molecule has 3 aliphatic rings. The van der Waals surface area contributed by atoms with Crippen LogP contribution in [0.5, 0.6) is 0 Å². The van der Waals surface area contributed by atoms with Crippen molar-refractivity contribution in [1.29, 1.82) is 0 Å². The Hall–Kier alpha value is -3.37. The van der Waals surface area contributed by atoms with Crippen molar-refractivity contribution in [2.45, 2.75) is 18.3 Å². The third kappa shape index (κ3) is 4.90. The van der Waals surface area contributed by atoms with Crippen molar-refractivity contribution in [3.05, 3.63) is 71.3 Å². The van der Waals surface area contributed by atoms with Gasteiger partial charge in [-0.15, -0.1) is 0 Å². The maximum Gasteiger partial charge on any atom is 0.231 e. The molecule has 2 atom stereocenters. The monoisotopic (exact) mass is 525 g/mol. The number of rotatable bonds is 6. The highest BCUT2D eigenvalue weighted by atomic mass is 19.1. The van der Waals surface area contributed by atoms with Gasteiger partial charge in [-0.1, -0.05) is 24.3 Å². The van der Waals surface area contributed by atoms with Crippen LogP contribution >= 0.6 is 0 Å². The van der Waals surface area contributed by atoms with Crippen LogP contribution in [0.1, 0.15) is 29.4 Å². The maximum absolute atomic E-state index is 14.3. The van der Waals surface area contributed by atoms with Gasteiger partial charge in [0.1, 0.15) is 11.6 Å². The molecule has 0 bridgehead atoms. The predicted octanol–water partition coefficient (Wildman–Crippen LogP) is 1.20. The first-order valence-electron chi connectivity index (χ1n) is 13.2. The Labute approximate surface area is 220 Å². The topological polar surface area (TPSA) is 93.8 Å². The van der Waals surface area contributed by atoms with E-state index in [1.807, 2.05) is 0 Å². The van der Waals surface area contributed by atoms with E-state index in [0.717, 1.165) is 0 Å². The summed E-state index contributed by atoms with van der Waals surface area (Å²) in [5, 5.41) is 9.36. The number of halogens is 2. The zero-order valence-electron chi connectivity index (χ0n) is 21.2. The second-order valence-electron chi connectivity index (χ2n) is 10.2. The molecule has 38 heavy (non-hydrogen) atoms. The third-order valence-electron chi connectivity index (χ3n) is 8.04. The molecule has 0 saturated carbocycles. The highest BCUT2D eigenvalue weighted by molar-refractivity contribution is 6.01. The van der Waals surface area contributed by atoms with Gasteiger partial charge in [0, 0.05) is 58.9 Å². The fraction of sp³-hybridized carbons (Fsp3) is 0.464. The Kier molecular flexibility index (Phi) is 7.71. The highest BCUT2D eigenvalue weighted by Crippen LogP contribution is 2.53. The number of nitrogens with zero attached hydrogens (tertiary/aromatic N) is 2. The number of carbonyl (C=O) groups excluding carboxylic acids is 3. The lowest BCUT2D eigenvalue weighted by Crippen LogP contribution is -2.57. The average Bonchev–Trinajstić information content (AvgIpc) is 3.32. The minimum Gasteiger partial charge on any atom is -0.356 e. The van der Waals surface area contributed by atoms with Crippen molar-refractivity contribution in [3.63, 3.8) is 0 Å². The van der Waals surface area contributed by atoms with Crippen LogP contribution in [-0.2, 0) is 14.4 Å². The molecule has 2 aromatic carbocycles. The molecule has 2 unspecified atom stereocenters. The fourth-order valence-electron chi connectivity index (χ4n) is 6.15. The summed E-state index contributed by atoms with van der Waals surface area (Å²) in [6, 6.07) is 11.2. The lowest BCUT2D eigenvalue weighted by atomic mass is 9.60. The number of hydrogen-bond acceptors (Lipinski definition) is 5. The molecule has 10 heteroatoms. The molecule has 3 N–H and O–H groups in total. The summed E-state index contributed by atoms with van der Waals surface area (Å²) in [5.74, 6) is -3.92. The molecular weight excluding hydrogens is 492 g/mol. The lowest BCUT2D eigenvalue weighted by Gasteiger charge is -2.44. The van der Waals surface area contributed by atoms with Gasteiger partial charge in [-0.2, -0.15) is 0 Å². The largest absolute Gasteiger partial charge is 0.356 e. The van der Waals surface area contributed by atoms with E-state index in [0.29, 0.717) is 63.5 Å². The molecule has 5 rings (SSSR count). The van der Waals surface area contributed by atoms with Crippen molar-refractivity contribution in [1.82, 2.24) is 25.8 Å². The Bertz CT molecular complexity index is 1080. The SMILES string of the molecule is O=C(C(c1ccc(F)cc1)C1(C(C(=O)N2CCNCC2)c2ccc(F)cc2)CCNC1=O)N1CCNCC1. The van der Waals surface area contributed by atoms with Gasteiger partial charge >= 0.3 is 0 Å². The number of amides is 3. The van der Waals surface area contributed by atoms with Crippen LogP contribution in [0.15, 0.2) is 48.5 Å². The Morgan fingerprint density at radius 2 is 1.08 bits per heavy atom. The van der Waals surface area contributed by atoms with Crippen LogP contribution in [0.25, 0.3) is 0 Å². The summed E-state index contributed by atoms with van der Waals surface area (Å²) < 4.78 is 28.0. The van der Waals surface area contributed by atoms with Crippen LogP contribution < -0.4 is 16.0 Å². The Morgan fingerprint density at radius 3 is 1.42 bits per heavy atom. The van der Waals surface area contributed by atoms with E-state index in [1.165, 1.54) is 48.5 Å². The van der Waals surface area contributed by atoms with Gasteiger partial charge in [0.2, 0.25) is 17.7 Å². The van der Waals surface area contributed by atoms with Crippen molar-refractivity contribution in [3.8, 4) is 0 Å². The molecule has 202 valence electrons. The van der Waals surface area contributed by atoms with Gasteiger partial charge in [-0.05, 0) is 41.8 Å². The summed E-state index contributed by atoms with van der Waals surface area (Å²) in [7, 11) is 0. The molecule has 3 fully saturated rings. The summed E-state index contributed by atoms with van der Waals surface area (Å²) >= 11 is 0. The van der Waals surface area contributed by atoms with Gasteiger partial charge < -0.3 is 25.8 Å². The first-order chi connectivity index (χ1) is 18.4. The van der Waals surface area contributed by atoms with Crippen molar-refractivity contribution in [2.75, 3.05) is 58.9 Å². The van der Waals surface area contributed by atoms with Crippen molar-refractivity contribution in [2.24, 2.45) is 5.41 Å².